The average Bonchev–Trinajstić information content (AvgIpc) is 1.76. The molecule has 1 saturated heterocycles. The largest absolute Gasteiger partial charge is 0.492 e. The van der Waals surface area contributed by atoms with E-state index < -0.39 is 0 Å². The number of thioether (sulfide) groups is 1. The third kappa shape index (κ3) is 29.4. The van der Waals surface area contributed by atoms with Gasteiger partial charge in [0.15, 0.2) is 31.4 Å². The van der Waals surface area contributed by atoms with Crippen molar-refractivity contribution < 1.29 is 18.9 Å². The van der Waals surface area contributed by atoms with E-state index in [0.29, 0.717) is 80.4 Å². The lowest BCUT2D eigenvalue weighted by Gasteiger charge is -2.26. The number of aromatic amines is 2. The van der Waals surface area contributed by atoms with Crippen molar-refractivity contribution in [3.63, 3.8) is 0 Å². The Morgan fingerprint density at radius 1 is 0.565 bits per heavy atom. The van der Waals surface area contributed by atoms with Crippen LogP contribution in [0.5, 0.6) is 17.2 Å². The van der Waals surface area contributed by atoms with Gasteiger partial charge < -0.3 is 55.0 Å². The zero-order valence-corrected chi connectivity index (χ0v) is 75.1. The van der Waals surface area contributed by atoms with E-state index in [9.17, 15) is 9.59 Å². The number of anilines is 4. The first-order valence-corrected chi connectivity index (χ1v) is 44.2. The normalized spacial score (nSPS) is 12.0. The molecule has 0 bridgehead atoms. The Morgan fingerprint density at radius 2 is 1.05 bits per heavy atom. The number of benzene rings is 4. The Morgan fingerprint density at radius 3 is 1.60 bits per heavy atom. The van der Waals surface area contributed by atoms with Crippen molar-refractivity contribution in [2.24, 2.45) is 11.8 Å². The smallest absolute Gasteiger partial charge is 0.218 e. The van der Waals surface area contributed by atoms with Gasteiger partial charge in [0.25, 0.3) is 0 Å². The van der Waals surface area contributed by atoms with Crippen LogP contribution in [0, 0.1) is 35.3 Å². The van der Waals surface area contributed by atoms with E-state index >= 15 is 0 Å². The van der Waals surface area contributed by atoms with Crippen molar-refractivity contribution in [2.75, 3.05) is 73.5 Å². The number of aromatic nitrogens is 8. The van der Waals surface area contributed by atoms with Crippen molar-refractivity contribution in [2.45, 2.75) is 180 Å². The predicted molar refractivity (Wildman–Crippen MR) is 491 cm³/mol. The first kappa shape index (κ1) is 93.3. The van der Waals surface area contributed by atoms with E-state index in [1.54, 1.807) is 34.8 Å². The minimum absolute atomic E-state index is 0.0209. The Hall–Kier alpha value is -8.82. The number of pyridine rings is 4. The first-order valence-electron chi connectivity index (χ1n) is 38.6. The molecule has 1 aliphatic rings. The molecule has 8 aromatic heterocycles. The van der Waals surface area contributed by atoms with Crippen LogP contribution in [0.15, 0.2) is 117 Å². The third-order valence-corrected chi connectivity index (χ3v) is 20.2. The molecule has 6 N–H and O–H groups in total. The van der Waals surface area contributed by atoms with Crippen LogP contribution in [-0.4, -0.2) is 133 Å². The minimum Gasteiger partial charge on any atom is -0.492 e. The second kappa shape index (κ2) is 46.2. The molecular formula is C86H110Cl2N14O8S5. The third-order valence-electron chi connectivity index (χ3n) is 15.7. The second-order valence-electron chi connectivity index (χ2n) is 30.3. The Labute approximate surface area is 706 Å². The Bertz CT molecular complexity index is 5230. The second-order valence-corrected chi connectivity index (χ2v) is 35.7. The number of H-pyrrole nitrogens is 2. The standard InChI is InChI=1S/C21H23ClN4OS.C21H26N4O3S.C20H25N3OS2.C16H16ClN3OS.2C4H10.O2/c1-12(2)24-21-26-17(11-28-21)16-10-18(27-13(3)4)15-7-6-14(8-9-23-5)19(22)20(15)25-16;1-14(2)22-21-24-19(13-29-21)18-12-20(26)16-4-3-15(11-17(16)23-18)28-10-7-25-5-8-27-9-6-25;1-12(2)21-20-23-18(11-26-20)17-9-19(24-13(3)4)15-7-6-14(10-25-5)8-16(15)22-17;1-8(2)18-16-20-14(15(17)22-16)12-7-13(21)10-5-4-9(3)6-11(10)19-12;2*1-4(2)3;1-2/h6-7,10-13H,8-9H2,1-4H3,(H,24,26);3-4,11-14H,5-10H2,1-2H3,(H,22,24)(H,23,26);6-9,11-13H,10H2,1-5H3,(H,21,23);4-8H,1-3H3,(H,18,20)(H,19,21);2*4H,1-3H3;. The minimum atomic E-state index is -0.0359. The summed E-state index contributed by atoms with van der Waals surface area (Å²) in [6.07, 6.45) is 2.84. The molecule has 29 heteroatoms. The van der Waals surface area contributed by atoms with Crippen molar-refractivity contribution in [3.05, 3.63) is 175 Å². The molecule has 22 nitrogen and oxygen atoms in total. The number of thiazole rings is 4. The molecule has 0 saturated carbocycles. The first-order chi connectivity index (χ1) is 54.8. The average molecular weight is 1700 g/mol. The Balaban J connectivity index is 0.000000205. The summed E-state index contributed by atoms with van der Waals surface area (Å²) < 4.78 is 24.0. The maximum Gasteiger partial charge on any atom is 0.218 e. The van der Waals surface area contributed by atoms with Crippen LogP contribution in [0.1, 0.15) is 141 Å². The molecule has 12 aromatic rings. The highest BCUT2D eigenvalue weighted by molar-refractivity contribution is 7.97. The van der Waals surface area contributed by atoms with Gasteiger partial charge in [-0.15, -0.1) is 34.0 Å². The maximum atomic E-state index is 12.6. The zero-order valence-electron chi connectivity index (χ0n) is 69.5. The van der Waals surface area contributed by atoms with Crippen LogP contribution in [-0.2, 0) is 16.9 Å². The number of hydrogen-bond acceptors (Lipinski definition) is 24. The number of halogens is 2. The van der Waals surface area contributed by atoms with E-state index in [4.69, 9.17) is 73.6 Å². The molecule has 0 atom stereocenters. The molecule has 1 aliphatic heterocycles. The van der Waals surface area contributed by atoms with Crippen molar-refractivity contribution in [1.29, 1.82) is 0 Å². The van der Waals surface area contributed by atoms with Crippen LogP contribution in [0.25, 0.3) is 94.0 Å². The Kier molecular flexibility index (Phi) is 37.5. The van der Waals surface area contributed by atoms with Crippen LogP contribution in [0.3, 0.4) is 0 Å². The fraction of sp³-hybridized carbons (Fsp3) is 0.430. The number of nitrogens with zero attached hydrogens (tertiary/aromatic N) is 8. The van der Waals surface area contributed by atoms with Crippen LogP contribution >= 0.6 is 80.3 Å². The number of aryl methyl sites for hydroxylation is 1. The number of ether oxygens (including phenoxy) is 4. The fourth-order valence-corrected chi connectivity index (χ4v) is 15.7. The number of nitrogens with one attached hydrogen (secondary N) is 6. The quantitative estimate of drug-likeness (QED) is 0.0307. The van der Waals surface area contributed by atoms with E-state index in [0.717, 1.165) is 155 Å². The number of hydrogen-bond donors (Lipinski definition) is 6. The van der Waals surface area contributed by atoms with E-state index in [1.807, 2.05) is 137 Å². The van der Waals surface area contributed by atoms with Gasteiger partial charge in [0, 0.05) is 134 Å². The van der Waals surface area contributed by atoms with Gasteiger partial charge in [0.05, 0.1) is 81.0 Å². The number of rotatable bonds is 24. The van der Waals surface area contributed by atoms with Gasteiger partial charge in [-0.25, -0.2) is 36.5 Å². The van der Waals surface area contributed by atoms with Gasteiger partial charge in [0.1, 0.15) is 45.3 Å². The molecule has 1 fully saturated rings. The number of morpholine rings is 1. The maximum absolute atomic E-state index is 12.6. The van der Waals surface area contributed by atoms with Crippen LogP contribution in [0.4, 0.5) is 20.5 Å². The van der Waals surface area contributed by atoms with E-state index in [2.05, 4.69) is 163 Å². The molecule has 0 amide bonds. The molecule has 9 heterocycles. The summed E-state index contributed by atoms with van der Waals surface area (Å²) in [6.45, 7) is 52.0. The van der Waals surface area contributed by atoms with Gasteiger partial charge in [-0.1, -0.05) is 94.3 Å². The van der Waals surface area contributed by atoms with Crippen LogP contribution < -0.4 is 46.3 Å². The van der Waals surface area contributed by atoms with E-state index in [1.165, 1.54) is 28.2 Å². The van der Waals surface area contributed by atoms with Crippen molar-refractivity contribution in [1.82, 2.24) is 44.8 Å². The monoisotopic (exact) mass is 1700 g/mol. The summed E-state index contributed by atoms with van der Waals surface area (Å²) in [5.74, 6) is 4.99. The molecular weight excluding hydrogens is 1590 g/mol. The van der Waals surface area contributed by atoms with E-state index in [-0.39, 0.29) is 29.1 Å². The molecule has 0 spiro atoms. The zero-order chi connectivity index (χ0) is 84.2. The highest BCUT2D eigenvalue weighted by Gasteiger charge is 2.21. The molecule has 616 valence electrons. The van der Waals surface area contributed by atoms with Gasteiger partial charge in [0.2, 0.25) is 6.54 Å². The predicted octanol–water partition coefficient (Wildman–Crippen LogP) is 22.9. The van der Waals surface area contributed by atoms with Gasteiger partial charge in [-0.2, -0.15) is 11.8 Å². The summed E-state index contributed by atoms with van der Waals surface area (Å²) in [4.78, 5) is 79.3. The summed E-state index contributed by atoms with van der Waals surface area (Å²) >= 11 is 20.8. The summed E-state index contributed by atoms with van der Waals surface area (Å²) in [5.41, 5.74) is 12.4. The lowest BCUT2D eigenvalue weighted by molar-refractivity contribution is 0.0322. The lowest BCUT2D eigenvalue weighted by atomic mass is 10.1. The molecule has 0 radical (unpaired) electrons. The summed E-state index contributed by atoms with van der Waals surface area (Å²) in [7, 11) is 0. The summed E-state index contributed by atoms with van der Waals surface area (Å²) in [5, 5.41) is 26.3. The molecule has 0 unspecified atom stereocenters. The molecule has 115 heavy (non-hydrogen) atoms. The summed E-state index contributed by atoms with van der Waals surface area (Å²) in [6, 6.07) is 29.9. The topological polar surface area (TPSA) is 270 Å². The van der Waals surface area contributed by atoms with Crippen molar-refractivity contribution in [3.8, 4) is 62.8 Å². The molecule has 0 aliphatic carbocycles. The SMILES string of the molecule is CC(C)C.CC(C)C.CC(C)Nc1nc(-c2cc(=O)c3ccc(OCCN4CCOCC4)cc3[nH]2)cs1.CSCc1ccc2c(OC(C)C)cc(-c3csc(NC(C)C)n3)nc2c1.Cc1ccc2c(=O)cc(-c3nc(NC(C)C)sc3Cl)[nH]c2c1.O=O.[C-]#[N+]CCc1ccc2c(OC(C)C)cc(-c3csc(NC(C)C)n3)nc2c1Cl. The highest BCUT2D eigenvalue weighted by atomic mass is 35.5. The number of fused-ring (bicyclic) bond motifs is 4. The lowest BCUT2D eigenvalue weighted by Crippen LogP contribution is -2.38. The molecule has 4 aromatic carbocycles. The van der Waals surface area contributed by atoms with Gasteiger partial charge in [-0.3, -0.25) is 14.5 Å². The van der Waals surface area contributed by atoms with Gasteiger partial charge in [-0.05, 0) is 167 Å². The highest BCUT2D eigenvalue weighted by Crippen LogP contribution is 2.39. The molecule has 13 rings (SSSR count). The van der Waals surface area contributed by atoms with Gasteiger partial charge >= 0.3 is 0 Å². The van der Waals surface area contributed by atoms with Crippen molar-refractivity contribution >= 4 is 144 Å². The fourth-order valence-electron chi connectivity index (χ4n) is 11.1. The van der Waals surface area contributed by atoms with Crippen LogP contribution in [0.2, 0.25) is 9.36 Å².